The van der Waals surface area contributed by atoms with E-state index in [1.807, 2.05) is 18.2 Å². The Hall–Kier alpha value is -1.93. The van der Waals surface area contributed by atoms with Gasteiger partial charge >= 0.3 is 5.97 Å². The predicted molar refractivity (Wildman–Crippen MR) is 90.0 cm³/mol. The number of thiazole rings is 1. The van der Waals surface area contributed by atoms with E-state index in [1.54, 1.807) is 19.9 Å². The standard InChI is InChI=1S/C15H15BrN2O4S/c1-8-13(15(20)21)23-14(18-8)9(2)17-12(19)7-22-11-6-4-3-5-10(11)16/h3-6,9H,7H2,1-2H3,(H,17,19)(H,20,21). The number of ether oxygens (including phenoxy) is 1. The van der Waals surface area contributed by atoms with Crippen LogP contribution in [0.5, 0.6) is 5.75 Å². The molecule has 2 N–H and O–H groups in total. The molecule has 0 fully saturated rings. The maximum Gasteiger partial charge on any atom is 0.347 e. The van der Waals surface area contributed by atoms with Crippen molar-refractivity contribution >= 4 is 39.1 Å². The lowest BCUT2D eigenvalue weighted by atomic mass is 10.3. The molecule has 6 nitrogen and oxygen atoms in total. The van der Waals surface area contributed by atoms with Gasteiger partial charge in [-0.15, -0.1) is 11.3 Å². The second-order valence-electron chi connectivity index (χ2n) is 4.78. The second kappa shape index (κ2) is 7.56. The Kier molecular flexibility index (Phi) is 5.73. The van der Waals surface area contributed by atoms with Crippen molar-refractivity contribution in [3.05, 3.63) is 44.3 Å². The molecule has 0 spiro atoms. The molecule has 0 aliphatic heterocycles. The maximum atomic E-state index is 11.9. The number of aryl methyl sites for hydroxylation is 1. The fraction of sp³-hybridized carbons (Fsp3) is 0.267. The quantitative estimate of drug-likeness (QED) is 0.779. The minimum Gasteiger partial charge on any atom is -0.483 e. The van der Waals surface area contributed by atoms with E-state index in [-0.39, 0.29) is 23.4 Å². The van der Waals surface area contributed by atoms with Crippen LogP contribution in [0.1, 0.15) is 33.3 Å². The molecule has 2 aromatic rings. The maximum absolute atomic E-state index is 11.9. The number of carbonyl (C=O) groups is 2. The highest BCUT2D eigenvalue weighted by Gasteiger charge is 2.19. The lowest BCUT2D eigenvalue weighted by molar-refractivity contribution is -0.123. The Morgan fingerprint density at radius 2 is 2.13 bits per heavy atom. The summed E-state index contributed by atoms with van der Waals surface area (Å²) >= 11 is 4.40. The van der Waals surface area contributed by atoms with Gasteiger partial charge in [-0.1, -0.05) is 12.1 Å². The Morgan fingerprint density at radius 3 is 2.74 bits per heavy atom. The summed E-state index contributed by atoms with van der Waals surface area (Å²) in [5, 5.41) is 12.3. The Labute approximate surface area is 145 Å². The number of hydrogen-bond acceptors (Lipinski definition) is 5. The van der Waals surface area contributed by atoms with Crippen molar-refractivity contribution < 1.29 is 19.4 Å². The van der Waals surface area contributed by atoms with Gasteiger partial charge in [0.15, 0.2) is 6.61 Å². The third kappa shape index (κ3) is 4.52. The molecule has 0 aliphatic carbocycles. The fourth-order valence-electron chi connectivity index (χ4n) is 1.85. The summed E-state index contributed by atoms with van der Waals surface area (Å²) in [4.78, 5) is 27.4. The zero-order chi connectivity index (χ0) is 17.0. The van der Waals surface area contributed by atoms with E-state index in [4.69, 9.17) is 9.84 Å². The molecule has 1 unspecified atom stereocenters. The van der Waals surface area contributed by atoms with Crippen molar-refractivity contribution in [1.82, 2.24) is 10.3 Å². The van der Waals surface area contributed by atoms with Crippen LogP contribution in [0.25, 0.3) is 0 Å². The lowest BCUT2D eigenvalue weighted by Crippen LogP contribution is -2.31. The second-order valence-corrected chi connectivity index (χ2v) is 6.67. The Balaban J connectivity index is 1.93. The van der Waals surface area contributed by atoms with E-state index in [0.29, 0.717) is 16.5 Å². The van der Waals surface area contributed by atoms with Crippen molar-refractivity contribution in [3.8, 4) is 5.75 Å². The number of nitrogens with one attached hydrogen (secondary N) is 1. The SMILES string of the molecule is Cc1nc(C(C)NC(=O)COc2ccccc2Br)sc1C(=O)O. The van der Waals surface area contributed by atoms with Crippen molar-refractivity contribution in [2.45, 2.75) is 19.9 Å². The van der Waals surface area contributed by atoms with Crippen molar-refractivity contribution in [2.75, 3.05) is 6.61 Å². The minimum atomic E-state index is -1.01. The first-order chi connectivity index (χ1) is 10.9. The number of carboxylic acid groups (broad SMARTS) is 1. The Morgan fingerprint density at radius 1 is 1.43 bits per heavy atom. The first kappa shape index (κ1) is 17.4. The average Bonchev–Trinajstić information content (AvgIpc) is 2.89. The van der Waals surface area contributed by atoms with Crippen molar-refractivity contribution in [3.63, 3.8) is 0 Å². The lowest BCUT2D eigenvalue weighted by Gasteiger charge is -2.12. The largest absolute Gasteiger partial charge is 0.483 e. The van der Waals surface area contributed by atoms with Gasteiger partial charge in [-0.3, -0.25) is 4.79 Å². The van der Waals surface area contributed by atoms with Crippen LogP contribution in [-0.4, -0.2) is 28.6 Å². The number of halogens is 1. The third-order valence-electron chi connectivity index (χ3n) is 2.95. The third-order valence-corrected chi connectivity index (χ3v) is 4.93. The molecule has 122 valence electrons. The van der Waals surface area contributed by atoms with E-state index in [9.17, 15) is 9.59 Å². The van der Waals surface area contributed by atoms with Gasteiger partial charge in [0.05, 0.1) is 16.2 Å². The molecule has 0 bridgehead atoms. The highest BCUT2D eigenvalue weighted by Crippen LogP contribution is 2.25. The first-order valence-corrected chi connectivity index (χ1v) is 8.36. The molecule has 0 saturated heterocycles. The summed E-state index contributed by atoms with van der Waals surface area (Å²) in [6, 6.07) is 6.85. The molecule has 0 saturated carbocycles. The molecular formula is C15H15BrN2O4S. The van der Waals surface area contributed by atoms with E-state index >= 15 is 0 Å². The van der Waals surface area contributed by atoms with Gasteiger partial charge < -0.3 is 15.2 Å². The van der Waals surface area contributed by atoms with Gasteiger partial charge in [-0.05, 0) is 41.9 Å². The van der Waals surface area contributed by atoms with Crippen LogP contribution in [0.2, 0.25) is 0 Å². The number of hydrogen-bond donors (Lipinski definition) is 2. The van der Waals surface area contributed by atoms with Crippen LogP contribution < -0.4 is 10.1 Å². The van der Waals surface area contributed by atoms with Crippen LogP contribution in [0.3, 0.4) is 0 Å². The monoisotopic (exact) mass is 398 g/mol. The Bertz CT molecular complexity index is 732. The molecule has 0 aliphatic rings. The first-order valence-electron chi connectivity index (χ1n) is 6.75. The van der Waals surface area contributed by atoms with Crippen molar-refractivity contribution in [1.29, 1.82) is 0 Å². The van der Waals surface area contributed by atoms with Gasteiger partial charge in [0, 0.05) is 0 Å². The summed E-state index contributed by atoms with van der Waals surface area (Å²) in [6.45, 7) is 3.25. The molecule has 1 atom stereocenters. The van der Waals surface area contributed by atoms with Crippen LogP contribution in [0.4, 0.5) is 0 Å². The van der Waals surface area contributed by atoms with Crippen molar-refractivity contribution in [2.24, 2.45) is 0 Å². The van der Waals surface area contributed by atoms with Crippen LogP contribution in [-0.2, 0) is 4.79 Å². The molecular weight excluding hydrogens is 384 g/mol. The molecule has 1 aromatic heterocycles. The van der Waals surface area contributed by atoms with E-state index < -0.39 is 5.97 Å². The van der Waals surface area contributed by atoms with Crippen LogP contribution in [0.15, 0.2) is 28.7 Å². The summed E-state index contributed by atoms with van der Waals surface area (Å²) in [6.07, 6.45) is 0. The average molecular weight is 399 g/mol. The molecule has 1 heterocycles. The predicted octanol–water partition coefficient (Wildman–Crippen LogP) is 3.17. The fourth-order valence-corrected chi connectivity index (χ4v) is 3.16. The van der Waals surface area contributed by atoms with Gasteiger partial charge in [-0.2, -0.15) is 0 Å². The number of amides is 1. The normalized spacial score (nSPS) is 11.8. The molecule has 0 radical (unpaired) electrons. The number of carbonyl (C=O) groups excluding carboxylic acids is 1. The number of para-hydroxylation sites is 1. The number of rotatable bonds is 6. The van der Waals surface area contributed by atoms with Gasteiger partial charge in [0.2, 0.25) is 0 Å². The topological polar surface area (TPSA) is 88.5 Å². The summed E-state index contributed by atoms with van der Waals surface area (Å²) in [7, 11) is 0. The highest BCUT2D eigenvalue weighted by molar-refractivity contribution is 9.10. The zero-order valence-corrected chi connectivity index (χ0v) is 14.9. The van der Waals surface area contributed by atoms with Gasteiger partial charge in [-0.25, -0.2) is 9.78 Å². The van der Waals surface area contributed by atoms with Crippen LogP contribution in [0, 0.1) is 6.92 Å². The summed E-state index contributed by atoms with van der Waals surface area (Å²) in [5.41, 5.74) is 0.447. The van der Waals surface area contributed by atoms with Gasteiger partial charge in [0.1, 0.15) is 15.6 Å². The minimum absolute atomic E-state index is 0.136. The van der Waals surface area contributed by atoms with Crippen LogP contribution >= 0.6 is 27.3 Å². The molecule has 8 heteroatoms. The number of benzene rings is 1. The molecule has 2 rings (SSSR count). The molecule has 1 aromatic carbocycles. The van der Waals surface area contributed by atoms with E-state index in [1.165, 1.54) is 0 Å². The zero-order valence-electron chi connectivity index (χ0n) is 12.5. The molecule has 1 amide bonds. The van der Waals surface area contributed by atoms with E-state index in [2.05, 4.69) is 26.2 Å². The van der Waals surface area contributed by atoms with E-state index in [0.717, 1.165) is 15.8 Å². The molecule has 23 heavy (non-hydrogen) atoms. The summed E-state index contributed by atoms with van der Waals surface area (Å²) in [5.74, 6) is -0.742. The number of carboxylic acids is 1. The number of aromatic nitrogens is 1. The number of aromatic carboxylic acids is 1. The van der Waals surface area contributed by atoms with Gasteiger partial charge in [0.25, 0.3) is 5.91 Å². The smallest absolute Gasteiger partial charge is 0.347 e. The summed E-state index contributed by atoms with van der Waals surface area (Å²) < 4.78 is 6.20. The number of nitrogens with zero attached hydrogens (tertiary/aromatic N) is 1. The highest BCUT2D eigenvalue weighted by atomic mass is 79.9.